The standard InChI is InChI=1S/C23H28N4O4S/c1-16(2)27-32(29,30)15-20-7-5-4-6-19(20)14-24-21(28)12-13-22-25-26-23(31-22)18-10-8-17(3)9-11-18/h4-11,16,27H,12-15H2,1-3H3,(H,24,28). The van der Waals surface area contributed by atoms with E-state index in [-0.39, 0.29) is 30.7 Å². The van der Waals surface area contributed by atoms with Crippen LogP contribution in [0.1, 0.15) is 42.8 Å². The second kappa shape index (κ2) is 10.5. The van der Waals surface area contributed by atoms with E-state index in [0.717, 1.165) is 16.7 Å². The number of aromatic nitrogens is 2. The summed E-state index contributed by atoms with van der Waals surface area (Å²) in [5.74, 6) is 0.492. The monoisotopic (exact) mass is 456 g/mol. The fourth-order valence-corrected chi connectivity index (χ4v) is 4.64. The molecule has 0 atom stereocenters. The van der Waals surface area contributed by atoms with E-state index in [4.69, 9.17) is 4.42 Å². The zero-order valence-electron chi connectivity index (χ0n) is 18.5. The number of carbonyl (C=O) groups excluding carboxylic acids is 1. The molecule has 0 aliphatic carbocycles. The fourth-order valence-electron chi connectivity index (χ4n) is 3.15. The first kappa shape index (κ1) is 23.6. The molecule has 0 bridgehead atoms. The van der Waals surface area contributed by atoms with E-state index in [1.54, 1.807) is 26.0 Å². The predicted octanol–water partition coefficient (Wildman–Crippen LogP) is 3.12. The van der Waals surface area contributed by atoms with E-state index in [2.05, 4.69) is 20.2 Å². The van der Waals surface area contributed by atoms with Gasteiger partial charge < -0.3 is 9.73 Å². The highest BCUT2D eigenvalue weighted by molar-refractivity contribution is 7.88. The Morgan fingerprint density at radius 1 is 1.03 bits per heavy atom. The summed E-state index contributed by atoms with van der Waals surface area (Å²) in [5.41, 5.74) is 3.38. The zero-order valence-corrected chi connectivity index (χ0v) is 19.3. The average Bonchev–Trinajstić information content (AvgIpc) is 3.20. The molecule has 1 heterocycles. The third-order valence-electron chi connectivity index (χ3n) is 4.69. The van der Waals surface area contributed by atoms with Gasteiger partial charge in [0.15, 0.2) is 0 Å². The first-order valence-electron chi connectivity index (χ1n) is 10.4. The molecule has 8 nitrogen and oxygen atoms in total. The second-order valence-corrected chi connectivity index (χ2v) is 9.70. The number of aryl methyl sites for hydroxylation is 2. The Labute approximate surface area is 188 Å². The van der Waals surface area contributed by atoms with Gasteiger partial charge in [0.05, 0.1) is 5.75 Å². The summed E-state index contributed by atoms with van der Waals surface area (Å²) in [7, 11) is -3.45. The maximum Gasteiger partial charge on any atom is 0.247 e. The van der Waals surface area contributed by atoms with Crippen LogP contribution in [0, 0.1) is 6.92 Å². The van der Waals surface area contributed by atoms with Crippen LogP contribution in [0.3, 0.4) is 0 Å². The van der Waals surface area contributed by atoms with Crippen molar-refractivity contribution in [3.63, 3.8) is 0 Å². The van der Waals surface area contributed by atoms with Crippen LogP contribution in [0.25, 0.3) is 11.5 Å². The molecule has 1 amide bonds. The summed E-state index contributed by atoms with van der Waals surface area (Å²) in [6.07, 6.45) is 0.504. The Bertz CT molecular complexity index is 1150. The zero-order chi connectivity index (χ0) is 23.1. The van der Waals surface area contributed by atoms with Gasteiger partial charge in [0, 0.05) is 31.0 Å². The van der Waals surface area contributed by atoms with Crippen molar-refractivity contribution >= 4 is 15.9 Å². The smallest absolute Gasteiger partial charge is 0.247 e. The lowest BCUT2D eigenvalue weighted by atomic mass is 10.1. The summed E-state index contributed by atoms with van der Waals surface area (Å²) in [5, 5.41) is 10.9. The van der Waals surface area contributed by atoms with Gasteiger partial charge in [0.2, 0.25) is 27.7 Å². The minimum atomic E-state index is -3.45. The fraction of sp³-hybridized carbons (Fsp3) is 0.348. The Morgan fingerprint density at radius 2 is 1.72 bits per heavy atom. The predicted molar refractivity (Wildman–Crippen MR) is 122 cm³/mol. The van der Waals surface area contributed by atoms with E-state index in [0.29, 0.717) is 23.8 Å². The van der Waals surface area contributed by atoms with Crippen molar-refractivity contribution in [1.82, 2.24) is 20.2 Å². The molecule has 32 heavy (non-hydrogen) atoms. The van der Waals surface area contributed by atoms with Gasteiger partial charge in [-0.3, -0.25) is 4.79 Å². The first-order chi connectivity index (χ1) is 15.2. The van der Waals surface area contributed by atoms with Gasteiger partial charge in [-0.25, -0.2) is 13.1 Å². The molecule has 0 radical (unpaired) electrons. The molecule has 0 spiro atoms. The lowest BCUT2D eigenvalue weighted by Gasteiger charge is -2.13. The molecule has 9 heteroatoms. The quantitative estimate of drug-likeness (QED) is 0.484. The Morgan fingerprint density at radius 3 is 2.41 bits per heavy atom. The van der Waals surface area contributed by atoms with Crippen molar-refractivity contribution in [3.05, 3.63) is 71.1 Å². The number of hydrogen-bond donors (Lipinski definition) is 2. The molecule has 0 aliphatic heterocycles. The normalized spacial score (nSPS) is 11.6. The molecule has 0 aliphatic rings. The summed E-state index contributed by atoms with van der Waals surface area (Å²) < 4.78 is 32.7. The lowest BCUT2D eigenvalue weighted by molar-refractivity contribution is -0.121. The lowest BCUT2D eigenvalue weighted by Crippen LogP contribution is -2.32. The number of rotatable bonds is 10. The molecule has 2 N–H and O–H groups in total. The number of amides is 1. The van der Waals surface area contributed by atoms with Crippen molar-refractivity contribution < 1.29 is 17.6 Å². The minimum absolute atomic E-state index is 0.138. The highest BCUT2D eigenvalue weighted by Gasteiger charge is 2.16. The molecule has 1 aromatic heterocycles. The SMILES string of the molecule is Cc1ccc(-c2nnc(CCC(=O)NCc3ccccc3CS(=O)(=O)NC(C)C)o2)cc1. The van der Waals surface area contributed by atoms with Crippen LogP contribution in [-0.2, 0) is 33.5 Å². The number of benzene rings is 2. The van der Waals surface area contributed by atoms with Crippen LogP contribution in [0.15, 0.2) is 52.9 Å². The third-order valence-corrected chi connectivity index (χ3v) is 6.21. The molecule has 170 valence electrons. The van der Waals surface area contributed by atoms with Gasteiger partial charge >= 0.3 is 0 Å². The van der Waals surface area contributed by atoms with E-state index in [1.807, 2.05) is 43.3 Å². The van der Waals surface area contributed by atoms with Gasteiger partial charge in [0.25, 0.3) is 0 Å². The molecule has 3 aromatic rings. The maximum atomic E-state index is 12.3. The van der Waals surface area contributed by atoms with Gasteiger partial charge in [-0.2, -0.15) is 0 Å². The number of carbonyl (C=O) groups is 1. The molecule has 0 fully saturated rings. The summed E-state index contributed by atoms with van der Waals surface area (Å²) in [6, 6.07) is 14.7. The van der Waals surface area contributed by atoms with Crippen LogP contribution in [0.4, 0.5) is 0 Å². The van der Waals surface area contributed by atoms with Crippen molar-refractivity contribution in [3.8, 4) is 11.5 Å². The van der Waals surface area contributed by atoms with Crippen LogP contribution < -0.4 is 10.0 Å². The van der Waals surface area contributed by atoms with Crippen LogP contribution in [0.2, 0.25) is 0 Å². The van der Waals surface area contributed by atoms with Crippen molar-refractivity contribution in [2.24, 2.45) is 0 Å². The molecular formula is C23H28N4O4S. The third kappa shape index (κ3) is 7.00. The number of nitrogens with one attached hydrogen (secondary N) is 2. The first-order valence-corrected chi connectivity index (χ1v) is 12.1. The van der Waals surface area contributed by atoms with Crippen LogP contribution >= 0.6 is 0 Å². The second-order valence-electron chi connectivity index (χ2n) is 7.94. The number of nitrogens with zero attached hydrogens (tertiary/aromatic N) is 2. The highest BCUT2D eigenvalue weighted by atomic mass is 32.2. The molecular weight excluding hydrogens is 428 g/mol. The number of hydrogen-bond acceptors (Lipinski definition) is 6. The summed E-state index contributed by atoms with van der Waals surface area (Å²) in [4.78, 5) is 12.3. The molecule has 0 unspecified atom stereocenters. The molecule has 3 rings (SSSR count). The van der Waals surface area contributed by atoms with E-state index >= 15 is 0 Å². The van der Waals surface area contributed by atoms with Gasteiger partial charge in [-0.1, -0.05) is 42.0 Å². The number of sulfonamides is 1. The van der Waals surface area contributed by atoms with E-state index < -0.39 is 10.0 Å². The van der Waals surface area contributed by atoms with Crippen molar-refractivity contribution in [2.45, 2.75) is 52.0 Å². The minimum Gasteiger partial charge on any atom is -0.421 e. The largest absolute Gasteiger partial charge is 0.421 e. The van der Waals surface area contributed by atoms with Crippen molar-refractivity contribution in [2.75, 3.05) is 0 Å². The Balaban J connectivity index is 1.53. The Hall–Kier alpha value is -3.04. The summed E-state index contributed by atoms with van der Waals surface area (Å²) in [6.45, 7) is 5.79. The van der Waals surface area contributed by atoms with Gasteiger partial charge in [-0.15, -0.1) is 10.2 Å². The van der Waals surface area contributed by atoms with Gasteiger partial charge in [0.1, 0.15) is 0 Å². The highest BCUT2D eigenvalue weighted by Crippen LogP contribution is 2.19. The molecule has 0 saturated carbocycles. The summed E-state index contributed by atoms with van der Waals surface area (Å²) >= 11 is 0. The van der Waals surface area contributed by atoms with Crippen molar-refractivity contribution in [1.29, 1.82) is 0 Å². The maximum absolute atomic E-state index is 12.3. The van der Waals surface area contributed by atoms with E-state index in [9.17, 15) is 13.2 Å². The van der Waals surface area contributed by atoms with E-state index in [1.165, 1.54) is 0 Å². The van der Waals surface area contributed by atoms with Gasteiger partial charge in [-0.05, 0) is 44.0 Å². The van der Waals surface area contributed by atoms with Crippen LogP contribution in [-0.4, -0.2) is 30.6 Å². The van der Waals surface area contributed by atoms with Crippen LogP contribution in [0.5, 0.6) is 0 Å². The molecule has 2 aromatic carbocycles. The average molecular weight is 457 g/mol. The molecule has 0 saturated heterocycles. The Kier molecular flexibility index (Phi) is 7.76. The topological polar surface area (TPSA) is 114 Å².